The van der Waals surface area contributed by atoms with Gasteiger partial charge < -0.3 is 15.4 Å². The third-order valence-electron chi connectivity index (χ3n) is 3.94. The Morgan fingerprint density at radius 2 is 2.24 bits per heavy atom. The lowest BCUT2D eigenvalue weighted by molar-refractivity contribution is 0.281. The quantitative estimate of drug-likeness (QED) is 0.571. The van der Waals surface area contributed by atoms with Gasteiger partial charge in [0.05, 0.1) is 6.61 Å². The minimum Gasteiger partial charge on any atom is -0.394 e. The van der Waals surface area contributed by atoms with Crippen molar-refractivity contribution >= 4 is 17.0 Å². The van der Waals surface area contributed by atoms with E-state index in [1.54, 1.807) is 17.7 Å². The van der Waals surface area contributed by atoms with E-state index in [2.05, 4.69) is 31.9 Å². The second-order valence-corrected chi connectivity index (χ2v) is 5.95. The molecule has 132 valence electrons. The number of aliphatic hydroxyl groups excluding tert-OH is 1. The minimum atomic E-state index is -0.435. The molecule has 1 atom stereocenters. The van der Waals surface area contributed by atoms with Crippen LogP contribution in [-0.4, -0.2) is 47.1 Å². The number of anilines is 1. The van der Waals surface area contributed by atoms with Gasteiger partial charge >= 0.3 is 5.69 Å². The maximum absolute atomic E-state index is 12.3. The maximum Gasteiger partial charge on any atom is 0.351 e. The molecule has 9 heteroatoms. The highest BCUT2D eigenvalue weighted by molar-refractivity contribution is 5.85. The number of rotatable bonds is 6. The zero-order valence-electron chi connectivity index (χ0n) is 14.4. The summed E-state index contributed by atoms with van der Waals surface area (Å²) in [4.78, 5) is 24.2. The number of hydrogen-bond acceptors (Lipinski definition) is 6. The lowest BCUT2D eigenvalue weighted by atomic mass is 10.3. The van der Waals surface area contributed by atoms with E-state index in [0.29, 0.717) is 35.0 Å². The number of aromatic nitrogens is 6. The first-order chi connectivity index (χ1) is 11.9. The topological polar surface area (TPSA) is 114 Å². The first-order valence-corrected chi connectivity index (χ1v) is 7.94. The number of aryl methyl sites for hydroxylation is 2. The molecule has 3 N–H and O–H groups in total. The zero-order valence-corrected chi connectivity index (χ0v) is 14.4. The predicted octanol–water partition coefficient (Wildman–Crippen LogP) is 0.807. The molecule has 0 spiro atoms. The Labute approximate surface area is 144 Å². The van der Waals surface area contributed by atoms with Crippen molar-refractivity contribution in [1.29, 1.82) is 0 Å². The average Bonchev–Trinajstić information content (AvgIpc) is 3.15. The van der Waals surface area contributed by atoms with Crippen molar-refractivity contribution in [3.05, 3.63) is 34.9 Å². The molecule has 1 unspecified atom stereocenters. The molecule has 0 aromatic carbocycles. The highest BCUT2D eigenvalue weighted by atomic mass is 16.3. The van der Waals surface area contributed by atoms with Gasteiger partial charge in [-0.3, -0.25) is 9.25 Å². The Kier molecular flexibility index (Phi) is 4.41. The number of aliphatic hydroxyl groups is 1. The third kappa shape index (κ3) is 3.05. The smallest absolute Gasteiger partial charge is 0.351 e. The van der Waals surface area contributed by atoms with Gasteiger partial charge in [-0.1, -0.05) is 6.08 Å². The summed E-state index contributed by atoms with van der Waals surface area (Å²) in [7, 11) is 1.85. The van der Waals surface area contributed by atoms with Gasteiger partial charge in [0, 0.05) is 25.3 Å². The second kappa shape index (κ2) is 6.52. The van der Waals surface area contributed by atoms with E-state index in [4.69, 9.17) is 0 Å². The van der Waals surface area contributed by atoms with Gasteiger partial charge in [-0.2, -0.15) is 10.1 Å². The molecule has 0 saturated heterocycles. The van der Waals surface area contributed by atoms with Gasteiger partial charge in [0.1, 0.15) is 11.2 Å². The Balaban J connectivity index is 2.22. The molecular weight excluding hydrogens is 322 g/mol. The molecule has 25 heavy (non-hydrogen) atoms. The van der Waals surface area contributed by atoms with Gasteiger partial charge in [-0.25, -0.2) is 9.78 Å². The van der Waals surface area contributed by atoms with E-state index in [-0.39, 0.29) is 12.6 Å². The third-order valence-corrected chi connectivity index (χ3v) is 3.94. The fourth-order valence-electron chi connectivity index (χ4n) is 2.50. The monoisotopic (exact) mass is 343 g/mol. The molecule has 3 aromatic rings. The van der Waals surface area contributed by atoms with Crippen molar-refractivity contribution < 1.29 is 5.11 Å². The Morgan fingerprint density at radius 3 is 2.84 bits per heavy atom. The van der Waals surface area contributed by atoms with Crippen LogP contribution in [0.25, 0.3) is 22.7 Å². The molecule has 9 nitrogen and oxygen atoms in total. The van der Waals surface area contributed by atoms with Crippen molar-refractivity contribution in [3.63, 3.8) is 0 Å². The van der Waals surface area contributed by atoms with Crippen LogP contribution in [0.5, 0.6) is 0 Å². The molecule has 0 aliphatic heterocycles. The Morgan fingerprint density at radius 1 is 1.48 bits per heavy atom. The number of nitrogens with one attached hydrogen (secondary N) is 2. The van der Waals surface area contributed by atoms with Crippen LogP contribution in [0.15, 0.2) is 23.5 Å². The highest BCUT2D eigenvalue weighted by Crippen LogP contribution is 2.23. The molecule has 0 amide bonds. The van der Waals surface area contributed by atoms with Crippen LogP contribution in [0.4, 0.5) is 5.82 Å². The summed E-state index contributed by atoms with van der Waals surface area (Å²) < 4.78 is 3.19. The summed E-state index contributed by atoms with van der Waals surface area (Å²) in [6.07, 6.45) is 1.62. The van der Waals surface area contributed by atoms with Crippen LogP contribution in [-0.2, 0) is 13.6 Å². The Hall–Kier alpha value is -2.94. The van der Waals surface area contributed by atoms with E-state index < -0.39 is 5.69 Å². The summed E-state index contributed by atoms with van der Waals surface area (Å²) >= 11 is 0. The van der Waals surface area contributed by atoms with Crippen molar-refractivity contribution in [2.75, 3.05) is 11.9 Å². The van der Waals surface area contributed by atoms with E-state index in [1.807, 2.05) is 20.0 Å². The first kappa shape index (κ1) is 16.9. The molecule has 3 aromatic heterocycles. The normalized spacial score (nSPS) is 12.5. The molecule has 0 bridgehead atoms. The van der Waals surface area contributed by atoms with Crippen LogP contribution >= 0.6 is 0 Å². The molecule has 0 aliphatic rings. The molecule has 0 fully saturated rings. The lowest BCUT2D eigenvalue weighted by Gasteiger charge is -2.12. The largest absolute Gasteiger partial charge is 0.394 e. The number of H-pyrrole nitrogens is 1. The van der Waals surface area contributed by atoms with Gasteiger partial charge in [0.15, 0.2) is 17.3 Å². The zero-order chi connectivity index (χ0) is 18.1. The molecule has 3 heterocycles. The highest BCUT2D eigenvalue weighted by Gasteiger charge is 2.18. The number of nitrogens with zero attached hydrogens (tertiary/aromatic N) is 5. The molecular formula is C16H21N7O2. The van der Waals surface area contributed by atoms with Crippen LogP contribution in [0.1, 0.15) is 12.6 Å². The summed E-state index contributed by atoms with van der Waals surface area (Å²) in [6.45, 7) is 7.63. The van der Waals surface area contributed by atoms with Crippen molar-refractivity contribution in [3.8, 4) is 11.5 Å². The summed E-state index contributed by atoms with van der Waals surface area (Å²) in [6, 6.07) is 1.65. The van der Waals surface area contributed by atoms with Crippen molar-refractivity contribution in [2.24, 2.45) is 7.05 Å². The standard InChI is InChI=1S/C16H21N7O2/c1-5-6-23-15-12(14(20-16(23)25)17-9(2)8-24)18-13(19-15)11-7-10(3)22(4)21-11/h5,7,9,24H,1,6,8H2,2-4H3,(H,18,19)(H,17,20,25). The molecule has 0 aliphatic carbocycles. The number of hydrogen-bond donors (Lipinski definition) is 3. The fourth-order valence-corrected chi connectivity index (χ4v) is 2.50. The average molecular weight is 343 g/mol. The number of fused-ring (bicyclic) bond motifs is 1. The Bertz CT molecular complexity index is 963. The van der Waals surface area contributed by atoms with E-state index in [1.165, 1.54) is 4.57 Å². The first-order valence-electron chi connectivity index (χ1n) is 7.94. The summed E-state index contributed by atoms with van der Waals surface area (Å²) in [5.41, 5.74) is 2.28. The van der Waals surface area contributed by atoms with Crippen molar-refractivity contribution in [1.82, 2.24) is 29.3 Å². The fraction of sp³-hybridized carbons (Fsp3) is 0.375. The van der Waals surface area contributed by atoms with E-state index >= 15 is 0 Å². The molecule has 0 radical (unpaired) electrons. The second-order valence-electron chi connectivity index (χ2n) is 5.95. The van der Waals surface area contributed by atoms with Crippen LogP contribution < -0.4 is 11.0 Å². The van der Waals surface area contributed by atoms with Crippen LogP contribution in [0.2, 0.25) is 0 Å². The van der Waals surface area contributed by atoms with Crippen LogP contribution in [0, 0.1) is 6.92 Å². The maximum atomic E-state index is 12.3. The van der Waals surface area contributed by atoms with Gasteiger partial charge in [0.2, 0.25) is 0 Å². The van der Waals surface area contributed by atoms with E-state index in [0.717, 1.165) is 5.69 Å². The summed E-state index contributed by atoms with van der Waals surface area (Å²) in [5, 5.41) is 16.7. The number of imidazole rings is 1. The summed E-state index contributed by atoms with van der Waals surface area (Å²) in [5.74, 6) is 0.900. The van der Waals surface area contributed by atoms with Gasteiger partial charge in [-0.05, 0) is 19.9 Å². The predicted molar refractivity (Wildman–Crippen MR) is 95.5 cm³/mol. The number of allylic oxidation sites excluding steroid dienone is 1. The lowest BCUT2D eigenvalue weighted by Crippen LogP contribution is -2.27. The van der Waals surface area contributed by atoms with Crippen molar-refractivity contribution in [2.45, 2.75) is 26.4 Å². The van der Waals surface area contributed by atoms with Gasteiger partial charge in [-0.15, -0.1) is 6.58 Å². The molecule has 0 saturated carbocycles. The van der Waals surface area contributed by atoms with Gasteiger partial charge in [0.25, 0.3) is 0 Å². The van der Waals surface area contributed by atoms with E-state index in [9.17, 15) is 9.90 Å². The molecule has 3 rings (SSSR count). The SMILES string of the molecule is C=CCn1c(=O)nc(NC(C)CO)c2[nH]c(-c3cc(C)n(C)n3)nc21. The minimum absolute atomic E-state index is 0.0840. The van der Waals surface area contributed by atoms with Crippen LogP contribution in [0.3, 0.4) is 0 Å². The number of aromatic amines is 1.